The van der Waals surface area contributed by atoms with Crippen LogP contribution >= 0.6 is 0 Å². The predicted octanol–water partition coefficient (Wildman–Crippen LogP) is 4.67. The molecular formula is C28H34N4O2. The molecule has 0 saturated carbocycles. The highest BCUT2D eigenvalue weighted by Crippen LogP contribution is 2.17. The van der Waals surface area contributed by atoms with Gasteiger partial charge in [-0.3, -0.25) is 14.3 Å². The minimum atomic E-state index is -0.176. The summed E-state index contributed by atoms with van der Waals surface area (Å²) in [6.07, 6.45) is 3.37. The van der Waals surface area contributed by atoms with Crippen molar-refractivity contribution in [2.24, 2.45) is 0 Å². The Morgan fingerprint density at radius 2 is 1.62 bits per heavy atom. The molecule has 2 amide bonds. The molecule has 0 radical (unpaired) electrons. The number of rotatable bonds is 8. The zero-order valence-corrected chi connectivity index (χ0v) is 20.9. The first kappa shape index (κ1) is 25.0. The third-order valence-electron chi connectivity index (χ3n) is 6.05. The van der Waals surface area contributed by atoms with Gasteiger partial charge in [-0.05, 0) is 64.0 Å². The lowest BCUT2D eigenvalue weighted by Gasteiger charge is -2.21. The molecular weight excluding hydrogens is 424 g/mol. The molecule has 1 heterocycles. The Hall–Kier alpha value is -3.67. The topological polar surface area (TPSA) is 67.2 Å². The summed E-state index contributed by atoms with van der Waals surface area (Å²) in [5, 5.41) is 7.55. The smallest absolute Gasteiger partial charge is 0.253 e. The molecule has 0 atom stereocenters. The summed E-state index contributed by atoms with van der Waals surface area (Å²) in [7, 11) is 1.79. The molecule has 34 heavy (non-hydrogen) atoms. The van der Waals surface area contributed by atoms with E-state index in [9.17, 15) is 9.59 Å². The van der Waals surface area contributed by atoms with Crippen molar-refractivity contribution in [1.82, 2.24) is 20.0 Å². The minimum Gasteiger partial charge on any atom is -0.348 e. The molecule has 0 fully saturated rings. The minimum absolute atomic E-state index is 0.0119. The lowest BCUT2D eigenvalue weighted by atomic mass is 10.1. The van der Waals surface area contributed by atoms with Gasteiger partial charge in [-0.2, -0.15) is 5.10 Å². The van der Waals surface area contributed by atoms with Crippen LogP contribution in [0.1, 0.15) is 57.8 Å². The van der Waals surface area contributed by atoms with Crippen LogP contribution in [0.15, 0.2) is 54.6 Å². The summed E-state index contributed by atoms with van der Waals surface area (Å²) in [4.78, 5) is 26.5. The van der Waals surface area contributed by atoms with Crippen molar-refractivity contribution >= 4 is 17.9 Å². The van der Waals surface area contributed by atoms with Gasteiger partial charge in [-0.25, -0.2) is 0 Å². The van der Waals surface area contributed by atoms with Crippen molar-refractivity contribution < 1.29 is 9.59 Å². The zero-order chi connectivity index (χ0) is 24.8. The van der Waals surface area contributed by atoms with E-state index in [0.29, 0.717) is 18.7 Å². The van der Waals surface area contributed by atoms with E-state index >= 15 is 0 Å². The van der Waals surface area contributed by atoms with Crippen molar-refractivity contribution in [1.29, 1.82) is 0 Å². The Morgan fingerprint density at radius 3 is 2.24 bits per heavy atom. The normalized spacial score (nSPS) is 11.3. The standard InChI is InChI=1S/C28H34N4O2/c1-19(2)31(6)28(34)25-13-11-23(12-14-25)17-29-27(33)16-15-26-21(4)30-32(22(26)5)18-24-9-7-20(3)8-10-24/h7-16,19H,17-18H2,1-6H3,(H,29,33)/b16-15+. The zero-order valence-electron chi connectivity index (χ0n) is 20.9. The molecule has 3 rings (SSSR count). The lowest BCUT2D eigenvalue weighted by Crippen LogP contribution is -2.32. The molecule has 1 N–H and O–H groups in total. The highest BCUT2D eigenvalue weighted by Gasteiger charge is 2.14. The summed E-state index contributed by atoms with van der Waals surface area (Å²) in [5.74, 6) is -0.188. The van der Waals surface area contributed by atoms with Crippen LogP contribution in [0.25, 0.3) is 6.08 Å². The Labute approximate surface area is 202 Å². The second kappa shape index (κ2) is 11.0. The summed E-state index contributed by atoms with van der Waals surface area (Å²) in [6.45, 7) is 11.1. The molecule has 0 unspecified atom stereocenters. The second-order valence-electron chi connectivity index (χ2n) is 8.99. The SMILES string of the molecule is Cc1ccc(Cn2nc(C)c(/C=C/C(=O)NCc3ccc(C(=O)N(C)C(C)C)cc3)c2C)cc1. The lowest BCUT2D eigenvalue weighted by molar-refractivity contribution is -0.116. The highest BCUT2D eigenvalue weighted by atomic mass is 16.2. The summed E-state index contributed by atoms with van der Waals surface area (Å²) < 4.78 is 1.97. The summed E-state index contributed by atoms with van der Waals surface area (Å²) in [5.41, 5.74) is 6.86. The number of aromatic nitrogens is 2. The number of hydrogen-bond donors (Lipinski definition) is 1. The quantitative estimate of drug-likeness (QED) is 0.499. The number of aryl methyl sites for hydroxylation is 2. The maximum Gasteiger partial charge on any atom is 0.253 e. The number of hydrogen-bond acceptors (Lipinski definition) is 3. The largest absolute Gasteiger partial charge is 0.348 e. The first-order valence-electron chi connectivity index (χ1n) is 11.6. The Kier molecular flexibility index (Phi) is 8.05. The third-order valence-corrected chi connectivity index (χ3v) is 6.05. The van der Waals surface area contributed by atoms with Crippen LogP contribution in [-0.4, -0.2) is 39.6 Å². The maximum absolute atomic E-state index is 12.4. The van der Waals surface area contributed by atoms with E-state index in [1.807, 2.05) is 50.6 Å². The van der Waals surface area contributed by atoms with Crippen LogP contribution in [0.5, 0.6) is 0 Å². The summed E-state index contributed by atoms with van der Waals surface area (Å²) >= 11 is 0. The average molecular weight is 459 g/mol. The molecule has 2 aromatic carbocycles. The average Bonchev–Trinajstić information content (AvgIpc) is 3.09. The van der Waals surface area contributed by atoms with Gasteiger partial charge >= 0.3 is 0 Å². The van der Waals surface area contributed by atoms with Crippen molar-refractivity contribution in [3.05, 3.63) is 93.8 Å². The molecule has 0 bridgehead atoms. The van der Waals surface area contributed by atoms with E-state index in [4.69, 9.17) is 0 Å². The number of benzene rings is 2. The van der Waals surface area contributed by atoms with Gasteiger partial charge in [0.2, 0.25) is 5.91 Å². The van der Waals surface area contributed by atoms with E-state index in [2.05, 4.69) is 41.6 Å². The van der Waals surface area contributed by atoms with Gasteiger partial charge < -0.3 is 10.2 Å². The summed E-state index contributed by atoms with van der Waals surface area (Å²) in [6, 6.07) is 15.9. The fourth-order valence-corrected chi connectivity index (χ4v) is 3.58. The number of nitrogens with one attached hydrogen (secondary N) is 1. The molecule has 178 valence electrons. The van der Waals surface area contributed by atoms with Gasteiger partial charge in [0.25, 0.3) is 5.91 Å². The molecule has 0 spiro atoms. The van der Waals surface area contributed by atoms with E-state index in [1.54, 1.807) is 30.2 Å². The molecule has 6 heteroatoms. The van der Waals surface area contributed by atoms with Crippen LogP contribution in [0.3, 0.4) is 0 Å². The second-order valence-corrected chi connectivity index (χ2v) is 8.99. The fraction of sp³-hybridized carbons (Fsp3) is 0.321. The van der Waals surface area contributed by atoms with E-state index in [0.717, 1.165) is 22.5 Å². The Balaban J connectivity index is 1.58. The van der Waals surface area contributed by atoms with Crippen molar-refractivity contribution in [2.45, 2.75) is 53.8 Å². The predicted molar refractivity (Wildman–Crippen MR) is 137 cm³/mol. The monoisotopic (exact) mass is 458 g/mol. The van der Waals surface area contributed by atoms with Gasteiger partial charge in [0, 0.05) is 42.5 Å². The molecule has 1 aromatic heterocycles. The van der Waals surface area contributed by atoms with Crippen LogP contribution in [0.2, 0.25) is 0 Å². The number of amides is 2. The molecule has 0 aliphatic carbocycles. The van der Waals surface area contributed by atoms with E-state index < -0.39 is 0 Å². The van der Waals surface area contributed by atoms with Crippen LogP contribution in [0, 0.1) is 20.8 Å². The van der Waals surface area contributed by atoms with Crippen LogP contribution < -0.4 is 5.32 Å². The third kappa shape index (κ3) is 6.22. The number of carbonyl (C=O) groups excluding carboxylic acids is 2. The molecule has 0 aliphatic heterocycles. The number of nitrogens with zero attached hydrogens (tertiary/aromatic N) is 3. The van der Waals surface area contributed by atoms with Gasteiger partial charge in [0.05, 0.1) is 12.2 Å². The molecule has 0 saturated heterocycles. The fourth-order valence-electron chi connectivity index (χ4n) is 3.58. The van der Waals surface area contributed by atoms with E-state index in [1.165, 1.54) is 11.1 Å². The molecule has 3 aromatic rings. The molecule has 0 aliphatic rings. The molecule has 6 nitrogen and oxygen atoms in total. The van der Waals surface area contributed by atoms with Crippen molar-refractivity contribution in [2.75, 3.05) is 7.05 Å². The van der Waals surface area contributed by atoms with Gasteiger partial charge in [0.1, 0.15) is 0 Å². The van der Waals surface area contributed by atoms with Crippen LogP contribution in [0.4, 0.5) is 0 Å². The highest BCUT2D eigenvalue weighted by molar-refractivity contribution is 5.94. The van der Waals surface area contributed by atoms with Crippen LogP contribution in [-0.2, 0) is 17.9 Å². The number of carbonyl (C=O) groups is 2. The Bertz CT molecular complexity index is 1170. The van der Waals surface area contributed by atoms with Gasteiger partial charge in [-0.15, -0.1) is 0 Å². The Morgan fingerprint density at radius 1 is 1.00 bits per heavy atom. The van der Waals surface area contributed by atoms with Gasteiger partial charge in [-0.1, -0.05) is 42.0 Å². The van der Waals surface area contributed by atoms with Crippen molar-refractivity contribution in [3.63, 3.8) is 0 Å². The van der Waals surface area contributed by atoms with E-state index in [-0.39, 0.29) is 17.9 Å². The van der Waals surface area contributed by atoms with Gasteiger partial charge in [0.15, 0.2) is 0 Å². The maximum atomic E-state index is 12.4. The first-order chi connectivity index (χ1) is 16.2. The first-order valence-corrected chi connectivity index (χ1v) is 11.6. The van der Waals surface area contributed by atoms with Crippen molar-refractivity contribution in [3.8, 4) is 0 Å².